The second-order valence-electron chi connectivity index (χ2n) is 4.92. The van der Waals surface area contributed by atoms with E-state index in [0.29, 0.717) is 29.8 Å². The molecule has 2 N–H and O–H groups in total. The Balaban J connectivity index is 1.91. The molecule has 2 heterocycles. The SMILES string of the molecule is N#Cc1ccc(N/N=C2\CCC(=O)Nc3cccnc32)c(I)c1. The third-order valence-corrected chi connectivity index (χ3v) is 4.25. The number of fused-ring (bicyclic) bond motifs is 1. The molecule has 6 nitrogen and oxygen atoms in total. The summed E-state index contributed by atoms with van der Waals surface area (Å²) in [5, 5.41) is 16.2. The zero-order valence-electron chi connectivity index (χ0n) is 12.0. The van der Waals surface area contributed by atoms with E-state index >= 15 is 0 Å². The van der Waals surface area contributed by atoms with Crippen molar-refractivity contribution >= 4 is 45.6 Å². The summed E-state index contributed by atoms with van der Waals surface area (Å²) >= 11 is 2.15. The van der Waals surface area contributed by atoms with Gasteiger partial charge in [0.1, 0.15) is 5.69 Å². The van der Waals surface area contributed by atoms with Crippen molar-refractivity contribution in [2.24, 2.45) is 5.10 Å². The van der Waals surface area contributed by atoms with E-state index in [-0.39, 0.29) is 5.91 Å². The predicted octanol–water partition coefficient (Wildman–Crippen LogP) is 3.11. The molecule has 1 amide bonds. The van der Waals surface area contributed by atoms with Crippen LogP contribution in [-0.4, -0.2) is 16.6 Å². The number of benzene rings is 1. The summed E-state index contributed by atoms with van der Waals surface area (Å²) in [7, 11) is 0. The Kier molecular flexibility index (Phi) is 4.52. The highest BCUT2D eigenvalue weighted by molar-refractivity contribution is 14.1. The fraction of sp³-hybridized carbons (Fsp3) is 0.125. The number of hydrazone groups is 1. The molecule has 1 aromatic heterocycles. The van der Waals surface area contributed by atoms with Gasteiger partial charge in [-0.25, -0.2) is 0 Å². The van der Waals surface area contributed by atoms with Crippen LogP contribution >= 0.6 is 22.6 Å². The van der Waals surface area contributed by atoms with Gasteiger partial charge in [-0.1, -0.05) is 0 Å². The van der Waals surface area contributed by atoms with Crippen molar-refractivity contribution in [3.8, 4) is 6.07 Å². The first-order chi connectivity index (χ1) is 11.2. The van der Waals surface area contributed by atoms with E-state index in [1.165, 1.54) is 0 Å². The molecule has 23 heavy (non-hydrogen) atoms. The molecule has 0 saturated carbocycles. The van der Waals surface area contributed by atoms with Gasteiger partial charge >= 0.3 is 0 Å². The van der Waals surface area contributed by atoms with Gasteiger partial charge in [0.05, 0.1) is 28.7 Å². The number of amides is 1. The van der Waals surface area contributed by atoms with Crippen molar-refractivity contribution in [3.63, 3.8) is 0 Å². The minimum absolute atomic E-state index is 0.0441. The van der Waals surface area contributed by atoms with Gasteiger partial charge < -0.3 is 5.32 Å². The van der Waals surface area contributed by atoms with Crippen LogP contribution in [0.15, 0.2) is 41.6 Å². The number of carbonyl (C=O) groups excluding carboxylic acids is 1. The second kappa shape index (κ2) is 6.75. The highest BCUT2D eigenvalue weighted by Crippen LogP contribution is 2.22. The maximum absolute atomic E-state index is 11.7. The van der Waals surface area contributed by atoms with Crippen molar-refractivity contribution < 1.29 is 4.79 Å². The molecule has 0 bridgehead atoms. The number of anilines is 2. The van der Waals surface area contributed by atoms with Gasteiger partial charge in [-0.3, -0.25) is 15.2 Å². The Hall–Kier alpha value is -2.47. The minimum atomic E-state index is -0.0441. The summed E-state index contributed by atoms with van der Waals surface area (Å²) in [5.74, 6) is -0.0441. The molecule has 3 rings (SSSR count). The molecule has 0 aliphatic carbocycles. The van der Waals surface area contributed by atoms with E-state index in [0.717, 1.165) is 15.0 Å². The zero-order valence-corrected chi connectivity index (χ0v) is 14.2. The molecular formula is C16H12IN5O. The molecule has 7 heteroatoms. The lowest BCUT2D eigenvalue weighted by Gasteiger charge is -2.08. The Morgan fingerprint density at radius 3 is 3.00 bits per heavy atom. The van der Waals surface area contributed by atoms with Gasteiger partial charge in [0, 0.05) is 22.6 Å². The van der Waals surface area contributed by atoms with Gasteiger partial charge in [-0.05, 0) is 52.9 Å². The monoisotopic (exact) mass is 417 g/mol. The Morgan fingerprint density at radius 1 is 1.35 bits per heavy atom. The first-order valence-electron chi connectivity index (χ1n) is 6.95. The fourth-order valence-corrected chi connectivity index (χ4v) is 2.85. The summed E-state index contributed by atoms with van der Waals surface area (Å²) in [4.78, 5) is 16.1. The van der Waals surface area contributed by atoms with Crippen LogP contribution in [0.2, 0.25) is 0 Å². The topological polar surface area (TPSA) is 90.2 Å². The van der Waals surface area contributed by atoms with Crippen LogP contribution in [0.25, 0.3) is 0 Å². The van der Waals surface area contributed by atoms with Gasteiger partial charge in [-0.2, -0.15) is 10.4 Å². The number of nitrogens with one attached hydrogen (secondary N) is 2. The Labute approximate surface area is 146 Å². The van der Waals surface area contributed by atoms with E-state index in [2.05, 4.69) is 49.5 Å². The smallest absolute Gasteiger partial charge is 0.224 e. The summed E-state index contributed by atoms with van der Waals surface area (Å²) in [6.45, 7) is 0. The molecule has 1 aliphatic heterocycles. The lowest BCUT2D eigenvalue weighted by molar-refractivity contribution is -0.116. The molecule has 1 aromatic carbocycles. The van der Waals surface area contributed by atoms with Crippen molar-refractivity contribution in [2.75, 3.05) is 10.7 Å². The van der Waals surface area contributed by atoms with Crippen molar-refractivity contribution in [1.29, 1.82) is 5.26 Å². The summed E-state index contributed by atoms with van der Waals surface area (Å²) in [6.07, 6.45) is 2.55. The number of hydrogen-bond acceptors (Lipinski definition) is 5. The number of aromatic nitrogens is 1. The predicted molar refractivity (Wildman–Crippen MR) is 96.1 cm³/mol. The maximum atomic E-state index is 11.7. The number of hydrogen-bond donors (Lipinski definition) is 2. The normalized spacial score (nSPS) is 15.3. The van der Waals surface area contributed by atoms with Crippen LogP contribution in [0.1, 0.15) is 24.1 Å². The van der Waals surface area contributed by atoms with E-state index in [1.807, 2.05) is 12.1 Å². The first-order valence-corrected chi connectivity index (χ1v) is 8.02. The van der Waals surface area contributed by atoms with Crippen LogP contribution in [0.5, 0.6) is 0 Å². The van der Waals surface area contributed by atoms with Crippen LogP contribution in [0.3, 0.4) is 0 Å². The third kappa shape index (κ3) is 3.48. The van der Waals surface area contributed by atoms with Crippen LogP contribution in [-0.2, 0) is 4.79 Å². The molecule has 2 aromatic rings. The first kappa shape index (κ1) is 15.4. The standard InChI is InChI=1S/C16H12IN5O/c17-11-8-10(9-18)3-4-12(11)21-22-14-5-6-15(23)20-13-2-1-7-19-16(13)14/h1-4,7-8,21H,5-6H2,(H,20,23)/b22-14+. The molecule has 0 fully saturated rings. The number of nitrogens with zero attached hydrogens (tertiary/aromatic N) is 3. The van der Waals surface area contributed by atoms with Crippen molar-refractivity contribution in [3.05, 3.63) is 51.4 Å². The average molecular weight is 417 g/mol. The average Bonchev–Trinajstić information content (AvgIpc) is 2.72. The summed E-state index contributed by atoms with van der Waals surface area (Å²) < 4.78 is 0.898. The Bertz CT molecular complexity index is 841. The lowest BCUT2D eigenvalue weighted by Crippen LogP contribution is -2.09. The van der Waals surface area contributed by atoms with Crippen LogP contribution < -0.4 is 10.7 Å². The van der Waals surface area contributed by atoms with Gasteiger partial charge in [0.15, 0.2) is 0 Å². The van der Waals surface area contributed by atoms with Crippen LogP contribution in [0, 0.1) is 14.9 Å². The molecule has 1 aliphatic rings. The van der Waals surface area contributed by atoms with Crippen molar-refractivity contribution in [2.45, 2.75) is 12.8 Å². The van der Waals surface area contributed by atoms with Gasteiger partial charge in [0.25, 0.3) is 0 Å². The molecule has 0 spiro atoms. The fourth-order valence-electron chi connectivity index (χ4n) is 2.21. The molecule has 0 atom stereocenters. The van der Waals surface area contributed by atoms with Crippen molar-refractivity contribution in [1.82, 2.24) is 4.98 Å². The number of rotatable bonds is 2. The minimum Gasteiger partial charge on any atom is -0.324 e. The largest absolute Gasteiger partial charge is 0.324 e. The summed E-state index contributed by atoms with van der Waals surface area (Å²) in [6, 6.07) is 11.0. The summed E-state index contributed by atoms with van der Waals surface area (Å²) in [5.41, 5.74) is 6.48. The van der Waals surface area contributed by atoms with E-state index in [1.54, 1.807) is 24.4 Å². The molecule has 0 saturated heterocycles. The Morgan fingerprint density at radius 2 is 2.22 bits per heavy atom. The molecule has 0 unspecified atom stereocenters. The van der Waals surface area contributed by atoms with Gasteiger partial charge in [-0.15, -0.1) is 0 Å². The van der Waals surface area contributed by atoms with E-state index in [9.17, 15) is 4.79 Å². The second-order valence-corrected chi connectivity index (χ2v) is 6.09. The molecule has 114 valence electrons. The highest BCUT2D eigenvalue weighted by atomic mass is 127. The quantitative estimate of drug-likeness (QED) is 0.581. The van der Waals surface area contributed by atoms with Gasteiger partial charge in [0.2, 0.25) is 5.91 Å². The molecular weight excluding hydrogens is 405 g/mol. The van der Waals surface area contributed by atoms with Crippen LogP contribution in [0.4, 0.5) is 11.4 Å². The number of nitriles is 1. The zero-order chi connectivity index (χ0) is 16.2. The third-order valence-electron chi connectivity index (χ3n) is 3.35. The number of carbonyl (C=O) groups is 1. The highest BCUT2D eigenvalue weighted by Gasteiger charge is 2.19. The number of pyridine rings is 1. The van der Waals surface area contributed by atoms with E-state index in [4.69, 9.17) is 5.26 Å². The lowest BCUT2D eigenvalue weighted by atomic mass is 10.1. The number of halogens is 1. The maximum Gasteiger partial charge on any atom is 0.224 e. The van der Waals surface area contributed by atoms with E-state index < -0.39 is 0 Å². The molecule has 0 radical (unpaired) electrons.